The van der Waals surface area contributed by atoms with E-state index in [1.54, 1.807) is 12.4 Å². The van der Waals surface area contributed by atoms with Crippen molar-refractivity contribution in [2.24, 2.45) is 0 Å². The van der Waals surface area contributed by atoms with Crippen LogP contribution in [0.3, 0.4) is 0 Å². The van der Waals surface area contributed by atoms with Crippen molar-refractivity contribution in [2.45, 2.75) is 6.42 Å². The van der Waals surface area contributed by atoms with E-state index in [4.69, 9.17) is 9.72 Å². The zero-order valence-corrected chi connectivity index (χ0v) is 17.1. The number of hydrogen-bond acceptors (Lipinski definition) is 7. The summed E-state index contributed by atoms with van der Waals surface area (Å²) in [5.74, 6) is 2.30. The zero-order chi connectivity index (χ0) is 20.1. The number of benzene rings is 1. The van der Waals surface area contributed by atoms with Gasteiger partial charge in [-0.1, -0.05) is 0 Å². The SMILES string of the molecule is CNc1nc(-c2cccnc2)nc2ccc(OCCCN3CCN(C)CC3)cc12. The predicted octanol–water partition coefficient (Wildman–Crippen LogP) is 2.75. The van der Waals surface area contributed by atoms with E-state index in [-0.39, 0.29) is 0 Å². The van der Waals surface area contributed by atoms with Crippen molar-refractivity contribution in [1.82, 2.24) is 24.8 Å². The van der Waals surface area contributed by atoms with Crippen LogP contribution in [-0.4, -0.2) is 78.2 Å². The molecule has 3 aromatic rings. The fourth-order valence-electron chi connectivity index (χ4n) is 3.56. The van der Waals surface area contributed by atoms with E-state index in [0.717, 1.165) is 67.2 Å². The number of nitrogens with one attached hydrogen (secondary N) is 1. The summed E-state index contributed by atoms with van der Waals surface area (Å²) in [6, 6.07) is 9.85. The Labute approximate surface area is 171 Å². The Hall–Kier alpha value is -2.77. The summed E-state index contributed by atoms with van der Waals surface area (Å²) in [6.45, 7) is 6.39. The van der Waals surface area contributed by atoms with E-state index in [1.165, 1.54) is 0 Å². The highest BCUT2D eigenvalue weighted by Gasteiger charge is 2.13. The second kappa shape index (κ2) is 9.15. The van der Waals surface area contributed by atoms with E-state index in [9.17, 15) is 0 Å². The molecule has 1 aliphatic heterocycles. The molecule has 4 rings (SSSR count). The van der Waals surface area contributed by atoms with Crippen LogP contribution < -0.4 is 10.1 Å². The summed E-state index contributed by atoms with van der Waals surface area (Å²) < 4.78 is 6.01. The summed E-state index contributed by atoms with van der Waals surface area (Å²) in [6.07, 6.45) is 4.55. The molecule has 2 aromatic heterocycles. The van der Waals surface area contributed by atoms with Crippen molar-refractivity contribution in [3.63, 3.8) is 0 Å². The number of pyridine rings is 1. The third-order valence-electron chi connectivity index (χ3n) is 5.31. The summed E-state index contributed by atoms with van der Waals surface area (Å²) in [7, 11) is 4.06. The lowest BCUT2D eigenvalue weighted by molar-refractivity contribution is 0.145. The largest absolute Gasteiger partial charge is 0.494 e. The highest BCUT2D eigenvalue weighted by atomic mass is 16.5. The molecule has 0 spiro atoms. The van der Waals surface area contributed by atoms with Gasteiger partial charge in [0, 0.05) is 63.1 Å². The molecule has 1 aliphatic rings. The zero-order valence-electron chi connectivity index (χ0n) is 17.1. The first-order valence-corrected chi connectivity index (χ1v) is 10.2. The van der Waals surface area contributed by atoms with Gasteiger partial charge >= 0.3 is 0 Å². The minimum Gasteiger partial charge on any atom is -0.494 e. The quantitative estimate of drug-likeness (QED) is 0.620. The maximum absolute atomic E-state index is 6.01. The molecule has 1 N–H and O–H groups in total. The Bertz CT molecular complexity index is 941. The van der Waals surface area contributed by atoms with Gasteiger partial charge in [-0.05, 0) is 43.8 Å². The molecule has 3 heterocycles. The number of likely N-dealkylation sites (N-methyl/N-ethyl adjacent to an activating group) is 1. The van der Waals surface area contributed by atoms with Gasteiger partial charge in [0.05, 0.1) is 12.1 Å². The number of rotatable bonds is 7. The van der Waals surface area contributed by atoms with Gasteiger partial charge in [-0.25, -0.2) is 9.97 Å². The molecular formula is C22H28N6O. The minimum atomic E-state index is 0.663. The maximum atomic E-state index is 6.01. The van der Waals surface area contributed by atoms with E-state index < -0.39 is 0 Å². The highest BCUT2D eigenvalue weighted by molar-refractivity contribution is 5.91. The van der Waals surface area contributed by atoms with Crippen LogP contribution in [0.25, 0.3) is 22.3 Å². The number of anilines is 1. The lowest BCUT2D eigenvalue weighted by Gasteiger charge is -2.32. The van der Waals surface area contributed by atoms with Crippen LogP contribution in [0.5, 0.6) is 5.75 Å². The molecule has 0 aliphatic carbocycles. The summed E-state index contributed by atoms with van der Waals surface area (Å²) in [5, 5.41) is 4.14. The number of fused-ring (bicyclic) bond motifs is 1. The van der Waals surface area contributed by atoms with Gasteiger partial charge in [0.25, 0.3) is 0 Å². The van der Waals surface area contributed by atoms with Crippen molar-refractivity contribution < 1.29 is 4.74 Å². The van der Waals surface area contributed by atoms with Gasteiger partial charge in [0.15, 0.2) is 5.82 Å². The molecule has 29 heavy (non-hydrogen) atoms. The van der Waals surface area contributed by atoms with Gasteiger partial charge in [0.2, 0.25) is 0 Å². The molecule has 152 valence electrons. The van der Waals surface area contributed by atoms with E-state index in [1.807, 2.05) is 37.4 Å². The predicted molar refractivity (Wildman–Crippen MR) is 116 cm³/mol. The number of aromatic nitrogens is 3. The van der Waals surface area contributed by atoms with Crippen LogP contribution in [-0.2, 0) is 0 Å². The molecule has 7 heteroatoms. The number of ether oxygens (including phenoxy) is 1. The fraction of sp³-hybridized carbons (Fsp3) is 0.409. The molecule has 0 saturated carbocycles. The Morgan fingerprint density at radius 3 is 2.72 bits per heavy atom. The molecule has 1 fully saturated rings. The minimum absolute atomic E-state index is 0.663. The Morgan fingerprint density at radius 1 is 1.10 bits per heavy atom. The van der Waals surface area contributed by atoms with Gasteiger partial charge in [-0.2, -0.15) is 0 Å². The standard InChI is InChI=1S/C22H28N6O/c1-23-22-19-15-18(29-14-4-9-28-12-10-27(2)11-13-28)6-7-20(19)25-21(26-22)17-5-3-8-24-16-17/h3,5-8,15-16H,4,9-14H2,1-2H3,(H,23,25,26). The van der Waals surface area contributed by atoms with Crippen LogP contribution >= 0.6 is 0 Å². The monoisotopic (exact) mass is 392 g/mol. The normalized spacial score (nSPS) is 15.5. The molecule has 0 atom stereocenters. The van der Waals surface area contributed by atoms with Gasteiger partial charge < -0.3 is 19.9 Å². The molecular weight excluding hydrogens is 364 g/mol. The summed E-state index contributed by atoms with van der Waals surface area (Å²) in [4.78, 5) is 18.4. The fourth-order valence-corrected chi connectivity index (χ4v) is 3.56. The maximum Gasteiger partial charge on any atom is 0.163 e. The number of hydrogen-bond donors (Lipinski definition) is 1. The molecule has 1 aromatic carbocycles. The second-order valence-corrected chi connectivity index (χ2v) is 7.41. The van der Waals surface area contributed by atoms with Gasteiger partial charge in [0.1, 0.15) is 11.6 Å². The average molecular weight is 393 g/mol. The molecule has 0 unspecified atom stereocenters. The van der Waals surface area contributed by atoms with Gasteiger partial charge in [-0.15, -0.1) is 0 Å². The Balaban J connectivity index is 1.42. The Kier molecular flexibility index (Phi) is 6.17. The first-order valence-electron chi connectivity index (χ1n) is 10.2. The average Bonchev–Trinajstić information content (AvgIpc) is 2.77. The molecule has 1 saturated heterocycles. The first-order chi connectivity index (χ1) is 14.2. The highest BCUT2D eigenvalue weighted by Crippen LogP contribution is 2.27. The van der Waals surface area contributed by atoms with Crippen LogP contribution in [0.1, 0.15) is 6.42 Å². The van der Waals surface area contributed by atoms with Crippen LogP contribution in [0, 0.1) is 0 Å². The van der Waals surface area contributed by atoms with Crippen LogP contribution in [0.2, 0.25) is 0 Å². The lowest BCUT2D eigenvalue weighted by Crippen LogP contribution is -2.44. The topological polar surface area (TPSA) is 66.4 Å². The van der Waals surface area contributed by atoms with Crippen molar-refractivity contribution in [1.29, 1.82) is 0 Å². The molecule has 0 bridgehead atoms. The molecule has 7 nitrogen and oxygen atoms in total. The molecule has 0 radical (unpaired) electrons. The van der Waals surface area contributed by atoms with Crippen LogP contribution in [0.4, 0.5) is 5.82 Å². The third kappa shape index (κ3) is 4.81. The van der Waals surface area contributed by atoms with E-state index in [2.05, 4.69) is 32.1 Å². The number of nitrogens with zero attached hydrogens (tertiary/aromatic N) is 5. The summed E-state index contributed by atoms with van der Waals surface area (Å²) >= 11 is 0. The van der Waals surface area contributed by atoms with E-state index >= 15 is 0 Å². The van der Waals surface area contributed by atoms with Crippen molar-refractivity contribution in [2.75, 3.05) is 58.7 Å². The lowest BCUT2D eigenvalue weighted by atomic mass is 10.2. The van der Waals surface area contributed by atoms with Gasteiger partial charge in [-0.3, -0.25) is 4.98 Å². The van der Waals surface area contributed by atoms with Crippen molar-refractivity contribution >= 4 is 16.7 Å². The second-order valence-electron chi connectivity index (χ2n) is 7.41. The summed E-state index contributed by atoms with van der Waals surface area (Å²) in [5.41, 5.74) is 1.78. The number of piperazine rings is 1. The van der Waals surface area contributed by atoms with Crippen molar-refractivity contribution in [3.8, 4) is 17.1 Å². The van der Waals surface area contributed by atoms with E-state index in [0.29, 0.717) is 12.4 Å². The molecule has 0 amide bonds. The van der Waals surface area contributed by atoms with Crippen molar-refractivity contribution in [3.05, 3.63) is 42.7 Å². The van der Waals surface area contributed by atoms with Crippen LogP contribution in [0.15, 0.2) is 42.7 Å². The first kappa shape index (κ1) is 19.5. The third-order valence-corrected chi connectivity index (χ3v) is 5.31. The Morgan fingerprint density at radius 2 is 1.97 bits per heavy atom. The smallest absolute Gasteiger partial charge is 0.163 e.